The van der Waals surface area contributed by atoms with Gasteiger partial charge in [0.2, 0.25) is 11.2 Å². The minimum absolute atomic E-state index is 0.136. The average Bonchev–Trinajstić information content (AvgIpc) is 2.67. The van der Waals surface area contributed by atoms with Crippen LogP contribution < -0.4 is 14.9 Å². The van der Waals surface area contributed by atoms with Crippen molar-refractivity contribution in [3.05, 3.63) is 58.4 Å². The monoisotopic (exact) mass is 354 g/mol. The van der Waals surface area contributed by atoms with Crippen LogP contribution in [0.3, 0.4) is 0 Å². The highest BCUT2D eigenvalue weighted by Crippen LogP contribution is 2.28. The molecule has 3 rings (SSSR count). The lowest BCUT2D eigenvalue weighted by Crippen LogP contribution is -2.15. The minimum atomic E-state index is -0.694. The average molecular weight is 354 g/mol. The molecule has 0 aliphatic rings. The van der Waals surface area contributed by atoms with E-state index in [0.29, 0.717) is 22.4 Å². The van der Waals surface area contributed by atoms with E-state index < -0.39 is 5.97 Å². The second-order valence-electron chi connectivity index (χ2n) is 5.45. The predicted molar refractivity (Wildman–Crippen MR) is 97.0 cm³/mol. The summed E-state index contributed by atoms with van der Waals surface area (Å²) in [5.41, 5.74) is 0.640. The van der Waals surface area contributed by atoms with E-state index in [9.17, 15) is 9.59 Å². The molecule has 134 valence electrons. The fraction of sp³-hybridized carbons (Fsp3) is 0.200. The van der Waals surface area contributed by atoms with Crippen molar-refractivity contribution in [1.29, 1.82) is 0 Å². The predicted octanol–water partition coefficient (Wildman–Crippen LogP) is 3.65. The maximum atomic E-state index is 13.1. The molecule has 0 atom stereocenters. The van der Waals surface area contributed by atoms with Gasteiger partial charge in [0.25, 0.3) is 0 Å². The molecular weight excluding hydrogens is 336 g/mol. The van der Waals surface area contributed by atoms with Gasteiger partial charge in [0.1, 0.15) is 17.1 Å². The van der Waals surface area contributed by atoms with Crippen molar-refractivity contribution in [3.8, 4) is 22.6 Å². The number of hydrogen-bond donors (Lipinski definition) is 0. The summed E-state index contributed by atoms with van der Waals surface area (Å²) in [5.74, 6) is 0.330. The molecule has 6 heteroatoms. The third kappa shape index (κ3) is 3.13. The quantitative estimate of drug-likeness (QED) is 0.651. The molecule has 2 aromatic carbocycles. The van der Waals surface area contributed by atoms with Crippen molar-refractivity contribution in [2.45, 2.75) is 6.92 Å². The van der Waals surface area contributed by atoms with Gasteiger partial charge in [0.15, 0.2) is 0 Å². The number of methoxy groups -OCH3 is 2. The van der Waals surface area contributed by atoms with Gasteiger partial charge in [0, 0.05) is 6.07 Å². The first-order chi connectivity index (χ1) is 12.6. The lowest BCUT2D eigenvalue weighted by Gasteiger charge is -2.10. The van der Waals surface area contributed by atoms with E-state index in [0.717, 1.165) is 0 Å². The first-order valence-electron chi connectivity index (χ1n) is 8.05. The topological polar surface area (TPSA) is 75.0 Å². The minimum Gasteiger partial charge on any atom is -0.497 e. The Hall–Kier alpha value is -3.28. The number of carbonyl (C=O) groups is 1. The molecule has 0 N–H and O–H groups in total. The van der Waals surface area contributed by atoms with E-state index >= 15 is 0 Å². The molecule has 0 saturated heterocycles. The summed E-state index contributed by atoms with van der Waals surface area (Å²) in [5, 5.41) is 0.352. The van der Waals surface area contributed by atoms with Crippen molar-refractivity contribution < 1.29 is 23.4 Å². The zero-order valence-electron chi connectivity index (χ0n) is 14.7. The first-order valence-corrected chi connectivity index (χ1v) is 8.05. The Morgan fingerprint density at radius 3 is 2.27 bits per heavy atom. The second kappa shape index (κ2) is 7.31. The molecule has 0 spiro atoms. The molecule has 1 heterocycles. The van der Waals surface area contributed by atoms with Crippen LogP contribution in [0, 0.1) is 0 Å². The Morgan fingerprint density at radius 2 is 1.65 bits per heavy atom. The molecule has 0 saturated carbocycles. The van der Waals surface area contributed by atoms with Crippen LogP contribution in [0.2, 0.25) is 0 Å². The van der Waals surface area contributed by atoms with Gasteiger partial charge in [-0.3, -0.25) is 4.79 Å². The van der Waals surface area contributed by atoms with Gasteiger partial charge < -0.3 is 18.6 Å². The third-order valence-electron chi connectivity index (χ3n) is 3.94. The molecule has 3 aromatic rings. The summed E-state index contributed by atoms with van der Waals surface area (Å²) in [7, 11) is 3.06. The van der Waals surface area contributed by atoms with Gasteiger partial charge in [0.05, 0.1) is 31.8 Å². The molecule has 0 fully saturated rings. The number of esters is 1. The molecule has 0 aliphatic heterocycles. The van der Waals surface area contributed by atoms with Gasteiger partial charge >= 0.3 is 5.97 Å². The molecule has 0 bridgehead atoms. The Labute approximate surface area is 149 Å². The van der Waals surface area contributed by atoms with E-state index in [-0.39, 0.29) is 28.9 Å². The van der Waals surface area contributed by atoms with E-state index in [1.165, 1.54) is 7.11 Å². The Balaban J connectivity index is 2.30. The van der Waals surface area contributed by atoms with Crippen LogP contribution in [0.4, 0.5) is 0 Å². The second-order valence-corrected chi connectivity index (χ2v) is 5.45. The molecule has 0 amide bonds. The van der Waals surface area contributed by atoms with E-state index in [1.54, 1.807) is 56.5 Å². The molecule has 0 unspecified atom stereocenters. The lowest BCUT2D eigenvalue weighted by atomic mass is 10.0. The molecule has 0 radical (unpaired) electrons. The first kappa shape index (κ1) is 17.5. The highest BCUT2D eigenvalue weighted by molar-refractivity contribution is 5.97. The molecule has 6 nitrogen and oxygen atoms in total. The molecular formula is C20H18O6. The number of fused-ring (bicyclic) bond motifs is 1. The van der Waals surface area contributed by atoms with Gasteiger partial charge in [-0.1, -0.05) is 12.1 Å². The van der Waals surface area contributed by atoms with Crippen LogP contribution in [0.25, 0.3) is 22.1 Å². The standard InChI is InChI=1S/C20H18O6/c1-4-25-20(22)19-17(12-5-7-13(23-2)8-6-12)18(21)15-10-9-14(24-3)11-16(15)26-19/h5-11H,4H2,1-3H3. The molecule has 0 aliphatic carbocycles. The van der Waals surface area contributed by atoms with Crippen LogP contribution >= 0.6 is 0 Å². The van der Waals surface area contributed by atoms with Crippen LogP contribution in [0.5, 0.6) is 11.5 Å². The van der Waals surface area contributed by atoms with E-state index in [2.05, 4.69) is 0 Å². The number of rotatable bonds is 5. The van der Waals surface area contributed by atoms with Crippen molar-refractivity contribution in [3.63, 3.8) is 0 Å². The van der Waals surface area contributed by atoms with E-state index in [1.807, 2.05) is 0 Å². The van der Waals surface area contributed by atoms with Gasteiger partial charge in [-0.2, -0.15) is 0 Å². The van der Waals surface area contributed by atoms with Crippen molar-refractivity contribution >= 4 is 16.9 Å². The van der Waals surface area contributed by atoms with Crippen LogP contribution in [-0.4, -0.2) is 26.8 Å². The third-order valence-corrected chi connectivity index (χ3v) is 3.94. The fourth-order valence-corrected chi connectivity index (χ4v) is 2.66. The highest BCUT2D eigenvalue weighted by atomic mass is 16.5. The normalized spacial score (nSPS) is 10.6. The lowest BCUT2D eigenvalue weighted by molar-refractivity contribution is 0.0492. The summed E-state index contributed by atoms with van der Waals surface area (Å²) in [6.07, 6.45) is 0. The Kier molecular flexibility index (Phi) is 4.93. The SMILES string of the molecule is CCOC(=O)c1oc2cc(OC)ccc2c(=O)c1-c1ccc(OC)cc1. The zero-order chi connectivity index (χ0) is 18.7. The van der Waals surface area contributed by atoms with E-state index in [4.69, 9.17) is 18.6 Å². The fourth-order valence-electron chi connectivity index (χ4n) is 2.66. The van der Waals surface area contributed by atoms with Crippen LogP contribution in [0.1, 0.15) is 17.5 Å². The van der Waals surface area contributed by atoms with Gasteiger partial charge in [-0.25, -0.2) is 4.79 Å². The number of carbonyl (C=O) groups excluding carboxylic acids is 1. The molecule has 1 aromatic heterocycles. The summed E-state index contributed by atoms with van der Waals surface area (Å²) >= 11 is 0. The summed E-state index contributed by atoms with van der Waals surface area (Å²) in [6, 6.07) is 11.7. The highest BCUT2D eigenvalue weighted by Gasteiger charge is 2.23. The van der Waals surface area contributed by atoms with Gasteiger partial charge in [-0.05, 0) is 36.8 Å². The number of hydrogen-bond acceptors (Lipinski definition) is 6. The van der Waals surface area contributed by atoms with Crippen molar-refractivity contribution in [2.75, 3.05) is 20.8 Å². The number of ether oxygens (including phenoxy) is 3. The summed E-state index contributed by atoms with van der Waals surface area (Å²) in [6.45, 7) is 1.86. The van der Waals surface area contributed by atoms with Crippen LogP contribution in [-0.2, 0) is 4.74 Å². The molecule has 26 heavy (non-hydrogen) atoms. The van der Waals surface area contributed by atoms with Crippen molar-refractivity contribution in [2.24, 2.45) is 0 Å². The Morgan fingerprint density at radius 1 is 1.00 bits per heavy atom. The number of benzene rings is 2. The zero-order valence-corrected chi connectivity index (χ0v) is 14.7. The smallest absolute Gasteiger partial charge is 0.375 e. The van der Waals surface area contributed by atoms with Crippen LogP contribution in [0.15, 0.2) is 51.7 Å². The van der Waals surface area contributed by atoms with Crippen molar-refractivity contribution in [1.82, 2.24) is 0 Å². The largest absolute Gasteiger partial charge is 0.497 e. The maximum absolute atomic E-state index is 13.1. The summed E-state index contributed by atoms with van der Waals surface area (Å²) < 4.78 is 21.1. The summed E-state index contributed by atoms with van der Waals surface area (Å²) in [4.78, 5) is 25.5. The Bertz CT molecular complexity index is 1000. The van der Waals surface area contributed by atoms with Gasteiger partial charge in [-0.15, -0.1) is 0 Å². The maximum Gasteiger partial charge on any atom is 0.375 e.